The molecule has 0 amide bonds. The lowest BCUT2D eigenvalue weighted by Gasteiger charge is -2.10. The lowest BCUT2D eigenvalue weighted by Crippen LogP contribution is -2.38. The first-order chi connectivity index (χ1) is 7.79. The average molecular weight is 222 g/mol. The molecule has 2 rings (SSSR count). The van der Waals surface area contributed by atoms with E-state index in [4.69, 9.17) is 0 Å². The zero-order valence-corrected chi connectivity index (χ0v) is 9.77. The summed E-state index contributed by atoms with van der Waals surface area (Å²) in [5, 5.41) is 10.5. The van der Waals surface area contributed by atoms with Crippen molar-refractivity contribution in [2.75, 3.05) is 13.6 Å². The topological polar surface area (TPSA) is 67.1 Å². The van der Waals surface area contributed by atoms with Crippen LogP contribution in [0.2, 0.25) is 0 Å². The van der Waals surface area contributed by atoms with Gasteiger partial charge in [-0.3, -0.25) is 9.67 Å². The summed E-state index contributed by atoms with van der Waals surface area (Å²) in [7, 11) is 3.66. The number of rotatable bonds is 4. The summed E-state index contributed by atoms with van der Waals surface area (Å²) >= 11 is 0. The highest BCUT2D eigenvalue weighted by atomic mass is 15.3. The van der Waals surface area contributed by atoms with Crippen molar-refractivity contribution in [3.63, 3.8) is 0 Å². The van der Waals surface area contributed by atoms with Gasteiger partial charge < -0.3 is 10.6 Å². The van der Waals surface area contributed by atoms with Gasteiger partial charge in [0.05, 0.1) is 6.54 Å². The monoisotopic (exact) mass is 222 g/mol. The van der Waals surface area contributed by atoms with Crippen molar-refractivity contribution in [1.82, 2.24) is 25.4 Å². The SMILES string of the molecule is CN=C(NCc1ncnn1C)NCC1CC1. The zero-order chi connectivity index (χ0) is 11.4. The fourth-order valence-electron chi connectivity index (χ4n) is 1.43. The molecule has 0 saturated heterocycles. The number of aryl methyl sites for hydroxylation is 1. The summed E-state index contributed by atoms with van der Waals surface area (Å²) < 4.78 is 1.75. The van der Waals surface area contributed by atoms with E-state index in [1.165, 1.54) is 12.8 Å². The third kappa shape index (κ3) is 2.95. The van der Waals surface area contributed by atoms with Crippen LogP contribution in [0, 0.1) is 5.92 Å². The van der Waals surface area contributed by atoms with Crippen LogP contribution < -0.4 is 10.6 Å². The highest BCUT2D eigenvalue weighted by molar-refractivity contribution is 5.79. The number of nitrogens with one attached hydrogen (secondary N) is 2. The van der Waals surface area contributed by atoms with Gasteiger partial charge >= 0.3 is 0 Å². The molecule has 0 bridgehead atoms. The Morgan fingerprint density at radius 1 is 1.56 bits per heavy atom. The Balaban J connectivity index is 1.76. The Labute approximate surface area is 95.2 Å². The van der Waals surface area contributed by atoms with Gasteiger partial charge in [0, 0.05) is 20.6 Å². The van der Waals surface area contributed by atoms with E-state index in [0.29, 0.717) is 6.54 Å². The van der Waals surface area contributed by atoms with E-state index in [2.05, 4.69) is 25.7 Å². The first kappa shape index (κ1) is 10.9. The zero-order valence-electron chi connectivity index (χ0n) is 9.77. The van der Waals surface area contributed by atoms with Gasteiger partial charge in [-0.2, -0.15) is 5.10 Å². The van der Waals surface area contributed by atoms with Gasteiger partial charge in [-0.15, -0.1) is 0 Å². The summed E-state index contributed by atoms with van der Waals surface area (Å²) in [5.74, 6) is 2.57. The summed E-state index contributed by atoms with van der Waals surface area (Å²) in [6.45, 7) is 1.65. The van der Waals surface area contributed by atoms with Crippen molar-refractivity contribution in [2.45, 2.75) is 19.4 Å². The van der Waals surface area contributed by atoms with Crippen molar-refractivity contribution in [3.05, 3.63) is 12.2 Å². The molecule has 0 aliphatic heterocycles. The number of aliphatic imine (C=N–C) groups is 1. The van der Waals surface area contributed by atoms with Crippen LogP contribution in [-0.4, -0.2) is 34.3 Å². The lowest BCUT2D eigenvalue weighted by molar-refractivity contribution is 0.667. The fraction of sp³-hybridized carbons (Fsp3) is 0.700. The van der Waals surface area contributed by atoms with E-state index in [1.54, 1.807) is 18.1 Å². The predicted molar refractivity (Wildman–Crippen MR) is 61.9 cm³/mol. The van der Waals surface area contributed by atoms with Crippen LogP contribution in [0.25, 0.3) is 0 Å². The van der Waals surface area contributed by atoms with E-state index in [9.17, 15) is 0 Å². The smallest absolute Gasteiger partial charge is 0.191 e. The molecule has 1 aromatic heterocycles. The van der Waals surface area contributed by atoms with Crippen LogP contribution >= 0.6 is 0 Å². The van der Waals surface area contributed by atoms with Gasteiger partial charge in [0.15, 0.2) is 5.96 Å². The molecule has 0 atom stereocenters. The Morgan fingerprint density at radius 3 is 2.94 bits per heavy atom. The molecule has 1 heterocycles. The minimum atomic E-state index is 0.640. The third-order valence-corrected chi connectivity index (χ3v) is 2.70. The molecule has 1 aliphatic rings. The largest absolute Gasteiger partial charge is 0.356 e. The predicted octanol–water partition coefficient (Wildman–Crippen LogP) is -0.110. The van der Waals surface area contributed by atoms with Crippen LogP contribution in [-0.2, 0) is 13.6 Å². The third-order valence-electron chi connectivity index (χ3n) is 2.70. The molecular weight excluding hydrogens is 204 g/mol. The van der Waals surface area contributed by atoms with Gasteiger partial charge in [0.1, 0.15) is 12.2 Å². The molecule has 6 nitrogen and oxygen atoms in total. The Bertz CT molecular complexity index is 365. The van der Waals surface area contributed by atoms with Crippen LogP contribution in [0.1, 0.15) is 18.7 Å². The molecular formula is C10H18N6. The van der Waals surface area contributed by atoms with E-state index in [0.717, 1.165) is 24.2 Å². The van der Waals surface area contributed by atoms with Gasteiger partial charge in [0.25, 0.3) is 0 Å². The summed E-state index contributed by atoms with van der Waals surface area (Å²) in [5.41, 5.74) is 0. The number of nitrogens with zero attached hydrogens (tertiary/aromatic N) is 4. The molecule has 1 fully saturated rings. The molecule has 16 heavy (non-hydrogen) atoms. The fourth-order valence-corrected chi connectivity index (χ4v) is 1.43. The average Bonchev–Trinajstić information content (AvgIpc) is 3.03. The van der Waals surface area contributed by atoms with Gasteiger partial charge in [-0.05, 0) is 18.8 Å². The molecule has 1 aromatic rings. The van der Waals surface area contributed by atoms with Crippen LogP contribution in [0.5, 0.6) is 0 Å². The molecule has 0 aromatic carbocycles. The Hall–Kier alpha value is -1.59. The van der Waals surface area contributed by atoms with E-state index < -0.39 is 0 Å². The first-order valence-electron chi connectivity index (χ1n) is 5.57. The first-order valence-corrected chi connectivity index (χ1v) is 5.57. The van der Waals surface area contributed by atoms with E-state index >= 15 is 0 Å². The van der Waals surface area contributed by atoms with E-state index in [-0.39, 0.29) is 0 Å². The maximum atomic E-state index is 4.15. The second-order valence-electron chi connectivity index (χ2n) is 4.05. The molecule has 2 N–H and O–H groups in total. The van der Waals surface area contributed by atoms with Crippen molar-refractivity contribution in [3.8, 4) is 0 Å². The van der Waals surface area contributed by atoms with Crippen molar-refractivity contribution in [2.24, 2.45) is 18.0 Å². The minimum Gasteiger partial charge on any atom is -0.356 e. The standard InChI is InChI=1S/C10H18N6/c1-11-10(12-5-8-3-4-8)13-6-9-14-7-15-16(9)2/h7-8H,3-6H2,1-2H3,(H2,11,12,13). The second kappa shape index (κ2) is 4.96. The molecule has 88 valence electrons. The Morgan fingerprint density at radius 2 is 2.38 bits per heavy atom. The van der Waals surface area contributed by atoms with Gasteiger partial charge in [-0.1, -0.05) is 0 Å². The molecule has 6 heteroatoms. The van der Waals surface area contributed by atoms with Crippen LogP contribution in [0.15, 0.2) is 11.3 Å². The van der Waals surface area contributed by atoms with Crippen molar-refractivity contribution in [1.29, 1.82) is 0 Å². The number of hydrogen-bond donors (Lipinski definition) is 2. The maximum absolute atomic E-state index is 4.15. The van der Waals surface area contributed by atoms with Crippen molar-refractivity contribution >= 4 is 5.96 Å². The number of guanidine groups is 1. The molecule has 0 spiro atoms. The normalized spacial score (nSPS) is 16.2. The maximum Gasteiger partial charge on any atom is 0.191 e. The highest BCUT2D eigenvalue weighted by Gasteiger charge is 2.21. The second-order valence-corrected chi connectivity index (χ2v) is 4.05. The summed E-state index contributed by atoms with van der Waals surface area (Å²) in [6, 6.07) is 0. The van der Waals surface area contributed by atoms with Crippen molar-refractivity contribution < 1.29 is 0 Å². The van der Waals surface area contributed by atoms with Crippen LogP contribution in [0.3, 0.4) is 0 Å². The lowest BCUT2D eigenvalue weighted by atomic mass is 10.4. The van der Waals surface area contributed by atoms with Crippen LogP contribution in [0.4, 0.5) is 0 Å². The number of aromatic nitrogens is 3. The highest BCUT2D eigenvalue weighted by Crippen LogP contribution is 2.27. The summed E-state index contributed by atoms with van der Waals surface area (Å²) in [4.78, 5) is 8.29. The Kier molecular flexibility index (Phi) is 3.38. The summed E-state index contributed by atoms with van der Waals surface area (Å²) in [6.07, 6.45) is 4.23. The molecule has 0 unspecified atom stereocenters. The van der Waals surface area contributed by atoms with Gasteiger partial charge in [-0.25, -0.2) is 4.98 Å². The molecule has 0 radical (unpaired) electrons. The molecule has 1 saturated carbocycles. The number of hydrogen-bond acceptors (Lipinski definition) is 3. The van der Waals surface area contributed by atoms with Gasteiger partial charge in [0.2, 0.25) is 0 Å². The molecule has 1 aliphatic carbocycles. The van der Waals surface area contributed by atoms with E-state index in [1.807, 2.05) is 7.05 Å². The minimum absolute atomic E-state index is 0.640. The quantitative estimate of drug-likeness (QED) is 0.551.